The Hall–Kier alpha value is -6.18. The molecule has 0 amide bonds. The van der Waals surface area contributed by atoms with Crippen LogP contribution in [0.5, 0.6) is 0 Å². The average Bonchev–Trinajstić information content (AvgIpc) is 3.52. The SMILES string of the molecule is c1cc(-c2ccc3ccccc3c2)cc(-c2c3ccccc3c(-c3cc4oc5ccccc5c4c4ccccc34)c3ccccc23)c1. The molecule has 0 aliphatic rings. The number of furan rings is 1. The van der Waals surface area contributed by atoms with Crippen LogP contribution < -0.4 is 0 Å². The Morgan fingerprint density at radius 1 is 0.298 bits per heavy atom. The molecule has 1 aromatic heterocycles. The third-order valence-electron chi connectivity index (χ3n) is 9.82. The van der Waals surface area contributed by atoms with Crippen molar-refractivity contribution in [3.8, 4) is 33.4 Å². The molecule has 0 radical (unpaired) electrons. The number of para-hydroxylation sites is 1. The Morgan fingerprint density at radius 2 is 0.851 bits per heavy atom. The second kappa shape index (κ2) is 10.2. The van der Waals surface area contributed by atoms with E-state index >= 15 is 0 Å². The van der Waals surface area contributed by atoms with E-state index in [-0.39, 0.29) is 0 Å². The number of benzene rings is 9. The molecule has 0 aliphatic carbocycles. The van der Waals surface area contributed by atoms with E-state index in [1.807, 2.05) is 6.07 Å². The molecule has 0 atom stereocenters. The average molecular weight is 597 g/mol. The van der Waals surface area contributed by atoms with Gasteiger partial charge in [0.2, 0.25) is 0 Å². The van der Waals surface area contributed by atoms with Gasteiger partial charge in [-0.05, 0) is 101 Å². The normalized spacial score (nSPS) is 11.8. The van der Waals surface area contributed by atoms with Crippen molar-refractivity contribution in [2.45, 2.75) is 0 Å². The van der Waals surface area contributed by atoms with Crippen LogP contribution in [0.2, 0.25) is 0 Å². The van der Waals surface area contributed by atoms with Gasteiger partial charge < -0.3 is 4.42 Å². The topological polar surface area (TPSA) is 13.1 Å². The largest absolute Gasteiger partial charge is 0.456 e. The van der Waals surface area contributed by atoms with E-state index in [4.69, 9.17) is 4.42 Å². The van der Waals surface area contributed by atoms with E-state index in [0.717, 1.165) is 16.6 Å². The lowest BCUT2D eigenvalue weighted by Crippen LogP contribution is -1.92. The first kappa shape index (κ1) is 26.1. The molecule has 1 nitrogen and oxygen atoms in total. The fourth-order valence-corrected chi connectivity index (χ4v) is 7.75. The van der Waals surface area contributed by atoms with E-state index in [0.29, 0.717) is 0 Å². The first-order valence-corrected chi connectivity index (χ1v) is 16.2. The van der Waals surface area contributed by atoms with Crippen molar-refractivity contribution >= 4 is 65.0 Å². The van der Waals surface area contributed by atoms with Crippen molar-refractivity contribution in [2.75, 3.05) is 0 Å². The maximum atomic E-state index is 6.52. The maximum Gasteiger partial charge on any atom is 0.136 e. The van der Waals surface area contributed by atoms with Gasteiger partial charge in [0, 0.05) is 10.8 Å². The van der Waals surface area contributed by atoms with Crippen molar-refractivity contribution in [1.29, 1.82) is 0 Å². The van der Waals surface area contributed by atoms with Gasteiger partial charge in [0.05, 0.1) is 0 Å². The summed E-state index contributed by atoms with van der Waals surface area (Å²) >= 11 is 0. The summed E-state index contributed by atoms with van der Waals surface area (Å²) in [7, 11) is 0. The summed E-state index contributed by atoms with van der Waals surface area (Å²) in [4.78, 5) is 0. The van der Waals surface area contributed by atoms with Crippen LogP contribution in [0.15, 0.2) is 174 Å². The quantitative estimate of drug-likeness (QED) is 0.185. The van der Waals surface area contributed by atoms with Gasteiger partial charge in [-0.15, -0.1) is 0 Å². The third-order valence-corrected chi connectivity index (χ3v) is 9.82. The van der Waals surface area contributed by atoms with Crippen molar-refractivity contribution in [2.24, 2.45) is 0 Å². The smallest absolute Gasteiger partial charge is 0.136 e. The minimum atomic E-state index is 0.917. The van der Waals surface area contributed by atoms with Crippen LogP contribution in [0, 0.1) is 0 Å². The Balaban J connectivity index is 1.27. The molecule has 0 bridgehead atoms. The minimum Gasteiger partial charge on any atom is -0.456 e. The van der Waals surface area contributed by atoms with Gasteiger partial charge in [-0.2, -0.15) is 0 Å². The zero-order valence-corrected chi connectivity index (χ0v) is 25.6. The molecule has 10 rings (SSSR count). The predicted octanol–water partition coefficient (Wildman–Crippen LogP) is 13.2. The minimum absolute atomic E-state index is 0.917. The zero-order chi connectivity index (χ0) is 30.9. The third kappa shape index (κ3) is 3.97. The lowest BCUT2D eigenvalue weighted by Gasteiger charge is -2.19. The highest BCUT2D eigenvalue weighted by atomic mass is 16.3. The molecule has 0 fully saturated rings. The summed E-state index contributed by atoms with van der Waals surface area (Å²) in [6, 6.07) is 61.6. The molecular weight excluding hydrogens is 569 g/mol. The van der Waals surface area contributed by atoms with Crippen LogP contribution in [-0.2, 0) is 0 Å². The Kier molecular flexibility index (Phi) is 5.64. The highest BCUT2D eigenvalue weighted by Crippen LogP contribution is 2.48. The standard InChI is InChI=1S/C46H28O/c1-2-13-30-26-32(25-24-29(30)12-1)31-14-11-15-33(27-31)44-36-18-5-7-20-38(36)45(39-21-8-6-19-37(39)44)41-28-43-46(35-17-4-3-16-34(35)41)40-22-9-10-23-42(40)47-43/h1-28H. The molecular formula is C46H28O. The predicted molar refractivity (Wildman–Crippen MR) is 200 cm³/mol. The van der Waals surface area contributed by atoms with Crippen molar-refractivity contribution in [3.05, 3.63) is 170 Å². The molecule has 1 heteroatoms. The Labute approximate surface area is 271 Å². The summed E-state index contributed by atoms with van der Waals surface area (Å²) in [6.07, 6.45) is 0. The number of hydrogen-bond acceptors (Lipinski definition) is 1. The van der Waals surface area contributed by atoms with E-state index < -0.39 is 0 Å². The highest BCUT2D eigenvalue weighted by molar-refractivity contribution is 6.28. The molecule has 10 aromatic rings. The second-order valence-corrected chi connectivity index (χ2v) is 12.4. The number of fused-ring (bicyclic) bond motifs is 8. The van der Waals surface area contributed by atoms with Gasteiger partial charge in [-0.1, -0.05) is 146 Å². The highest BCUT2D eigenvalue weighted by Gasteiger charge is 2.21. The lowest BCUT2D eigenvalue weighted by atomic mass is 9.84. The molecule has 0 saturated carbocycles. The molecule has 47 heavy (non-hydrogen) atoms. The van der Waals surface area contributed by atoms with Crippen LogP contribution >= 0.6 is 0 Å². The fourth-order valence-electron chi connectivity index (χ4n) is 7.75. The maximum absolute atomic E-state index is 6.52. The van der Waals surface area contributed by atoms with E-state index in [1.54, 1.807) is 0 Å². The van der Waals surface area contributed by atoms with E-state index in [1.165, 1.54) is 81.9 Å². The van der Waals surface area contributed by atoms with Crippen LogP contribution in [0.3, 0.4) is 0 Å². The Morgan fingerprint density at radius 3 is 1.60 bits per heavy atom. The van der Waals surface area contributed by atoms with Crippen LogP contribution in [-0.4, -0.2) is 0 Å². The first-order valence-electron chi connectivity index (χ1n) is 16.2. The summed E-state index contributed by atoms with van der Waals surface area (Å²) < 4.78 is 6.52. The summed E-state index contributed by atoms with van der Waals surface area (Å²) in [5.74, 6) is 0. The van der Waals surface area contributed by atoms with E-state index in [2.05, 4.69) is 164 Å². The molecule has 0 aliphatic heterocycles. The van der Waals surface area contributed by atoms with Gasteiger partial charge in [-0.25, -0.2) is 0 Å². The lowest BCUT2D eigenvalue weighted by molar-refractivity contribution is 0.669. The van der Waals surface area contributed by atoms with Crippen LogP contribution in [0.25, 0.3) is 98.4 Å². The number of hydrogen-bond donors (Lipinski definition) is 0. The zero-order valence-electron chi connectivity index (χ0n) is 25.6. The van der Waals surface area contributed by atoms with E-state index in [9.17, 15) is 0 Å². The van der Waals surface area contributed by atoms with Crippen LogP contribution in [0.4, 0.5) is 0 Å². The summed E-state index contributed by atoms with van der Waals surface area (Å²) in [6.45, 7) is 0. The van der Waals surface area contributed by atoms with Crippen molar-refractivity contribution < 1.29 is 4.42 Å². The summed E-state index contributed by atoms with van der Waals surface area (Å²) in [5.41, 5.74) is 9.18. The summed E-state index contributed by atoms with van der Waals surface area (Å²) in [5, 5.41) is 12.2. The van der Waals surface area contributed by atoms with Gasteiger partial charge >= 0.3 is 0 Å². The first-order chi connectivity index (χ1) is 23.3. The molecule has 9 aromatic carbocycles. The molecule has 0 unspecified atom stereocenters. The van der Waals surface area contributed by atoms with Gasteiger partial charge in [0.25, 0.3) is 0 Å². The van der Waals surface area contributed by atoms with Gasteiger partial charge in [0.15, 0.2) is 0 Å². The molecule has 218 valence electrons. The molecule has 0 N–H and O–H groups in total. The van der Waals surface area contributed by atoms with Crippen molar-refractivity contribution in [1.82, 2.24) is 0 Å². The van der Waals surface area contributed by atoms with Crippen molar-refractivity contribution in [3.63, 3.8) is 0 Å². The Bertz CT molecular complexity index is 2800. The fraction of sp³-hybridized carbons (Fsp3) is 0. The van der Waals surface area contributed by atoms with Gasteiger partial charge in [-0.3, -0.25) is 0 Å². The molecule has 0 saturated heterocycles. The number of rotatable bonds is 3. The molecule has 0 spiro atoms. The molecule has 1 heterocycles. The van der Waals surface area contributed by atoms with Crippen LogP contribution in [0.1, 0.15) is 0 Å². The second-order valence-electron chi connectivity index (χ2n) is 12.4. The monoisotopic (exact) mass is 596 g/mol. The van der Waals surface area contributed by atoms with Gasteiger partial charge in [0.1, 0.15) is 11.2 Å².